The molecule has 1 atom stereocenters. The Morgan fingerprint density at radius 3 is 2.67 bits per heavy atom. The van der Waals surface area contributed by atoms with E-state index in [1.165, 1.54) is 0 Å². The molecule has 0 aliphatic carbocycles. The van der Waals surface area contributed by atoms with Gasteiger partial charge in [0.05, 0.1) is 6.10 Å². The molecule has 66 valence electrons. The number of aliphatic hydroxyl groups is 1. The number of para-hydroxylation sites is 1. The van der Waals surface area contributed by atoms with Crippen molar-refractivity contribution in [1.82, 2.24) is 0 Å². The van der Waals surface area contributed by atoms with E-state index in [4.69, 9.17) is 0 Å². The van der Waals surface area contributed by atoms with Gasteiger partial charge in [0, 0.05) is 19.2 Å². The first-order chi connectivity index (χ1) is 5.74. The summed E-state index contributed by atoms with van der Waals surface area (Å²) < 4.78 is 0. The summed E-state index contributed by atoms with van der Waals surface area (Å²) in [7, 11) is 1.89. The van der Waals surface area contributed by atoms with Crippen LogP contribution in [0, 0.1) is 0 Å². The molecule has 12 heavy (non-hydrogen) atoms. The van der Waals surface area contributed by atoms with Crippen molar-refractivity contribution in [2.24, 2.45) is 0 Å². The van der Waals surface area contributed by atoms with Gasteiger partial charge < -0.3 is 10.4 Å². The molecular formula is C10H15NO. The van der Waals surface area contributed by atoms with Crippen LogP contribution in [-0.4, -0.2) is 18.3 Å². The summed E-state index contributed by atoms with van der Waals surface area (Å²) in [5, 5.41) is 12.3. The molecule has 1 rings (SSSR count). The predicted octanol–water partition coefficient (Wildman–Crippen LogP) is 1.65. The Morgan fingerprint density at radius 1 is 1.42 bits per heavy atom. The third kappa shape index (κ3) is 2.24. The standard InChI is InChI=1S/C10H15NO/c1-8(12)7-9-5-3-4-6-10(9)11-2/h3-6,8,11-12H,7H2,1-2H3. The highest BCUT2D eigenvalue weighted by molar-refractivity contribution is 5.50. The van der Waals surface area contributed by atoms with Gasteiger partial charge in [-0.25, -0.2) is 0 Å². The number of hydrogen-bond acceptors (Lipinski definition) is 2. The maximum absolute atomic E-state index is 9.20. The quantitative estimate of drug-likeness (QED) is 0.713. The second-order valence-corrected chi connectivity index (χ2v) is 2.96. The lowest BCUT2D eigenvalue weighted by Crippen LogP contribution is -2.06. The zero-order chi connectivity index (χ0) is 8.97. The van der Waals surface area contributed by atoms with Gasteiger partial charge in [0.15, 0.2) is 0 Å². The molecule has 2 N–H and O–H groups in total. The van der Waals surface area contributed by atoms with Gasteiger partial charge in [-0.15, -0.1) is 0 Å². The lowest BCUT2D eigenvalue weighted by Gasteiger charge is -2.09. The highest BCUT2D eigenvalue weighted by Crippen LogP contribution is 2.15. The van der Waals surface area contributed by atoms with Gasteiger partial charge in [-0.2, -0.15) is 0 Å². The van der Waals surface area contributed by atoms with Crippen LogP contribution in [0.25, 0.3) is 0 Å². The molecule has 0 aliphatic rings. The van der Waals surface area contributed by atoms with Crippen LogP contribution in [0.2, 0.25) is 0 Å². The van der Waals surface area contributed by atoms with Crippen molar-refractivity contribution in [3.63, 3.8) is 0 Å². The molecule has 2 heteroatoms. The Hall–Kier alpha value is -1.02. The highest BCUT2D eigenvalue weighted by atomic mass is 16.3. The second kappa shape index (κ2) is 4.12. The Balaban J connectivity index is 2.82. The van der Waals surface area contributed by atoms with Crippen LogP contribution in [-0.2, 0) is 6.42 Å². The molecule has 0 fully saturated rings. The average molecular weight is 165 g/mol. The van der Waals surface area contributed by atoms with Gasteiger partial charge in [-0.05, 0) is 18.6 Å². The number of aliphatic hydroxyl groups excluding tert-OH is 1. The lowest BCUT2D eigenvalue weighted by atomic mass is 10.1. The minimum atomic E-state index is -0.278. The summed E-state index contributed by atoms with van der Waals surface area (Å²) in [5.74, 6) is 0. The second-order valence-electron chi connectivity index (χ2n) is 2.96. The molecule has 0 heterocycles. The fourth-order valence-corrected chi connectivity index (χ4v) is 1.26. The van der Waals surface area contributed by atoms with Crippen LogP contribution in [0.3, 0.4) is 0 Å². The van der Waals surface area contributed by atoms with Crippen molar-refractivity contribution < 1.29 is 5.11 Å². The monoisotopic (exact) mass is 165 g/mol. The Morgan fingerprint density at radius 2 is 2.08 bits per heavy atom. The summed E-state index contributed by atoms with van der Waals surface area (Å²) in [6, 6.07) is 8.01. The van der Waals surface area contributed by atoms with Crippen LogP contribution >= 0.6 is 0 Å². The number of nitrogens with one attached hydrogen (secondary N) is 1. The number of benzene rings is 1. The van der Waals surface area contributed by atoms with Gasteiger partial charge in [-0.3, -0.25) is 0 Å². The number of anilines is 1. The van der Waals surface area contributed by atoms with Crippen LogP contribution < -0.4 is 5.32 Å². The normalized spacial score (nSPS) is 12.6. The first kappa shape index (κ1) is 9.07. The maximum atomic E-state index is 9.20. The minimum absolute atomic E-state index is 0.278. The first-order valence-electron chi connectivity index (χ1n) is 4.17. The third-order valence-electron chi connectivity index (χ3n) is 1.80. The van der Waals surface area contributed by atoms with Crippen molar-refractivity contribution >= 4 is 5.69 Å². The van der Waals surface area contributed by atoms with Gasteiger partial charge in [0.2, 0.25) is 0 Å². The molecule has 0 saturated carbocycles. The van der Waals surface area contributed by atoms with Crippen LogP contribution in [0.1, 0.15) is 12.5 Å². The number of hydrogen-bond donors (Lipinski definition) is 2. The molecule has 0 bridgehead atoms. The van der Waals surface area contributed by atoms with E-state index in [2.05, 4.69) is 5.32 Å². The van der Waals surface area contributed by atoms with E-state index < -0.39 is 0 Å². The van der Waals surface area contributed by atoms with Gasteiger partial charge in [-0.1, -0.05) is 18.2 Å². The summed E-state index contributed by atoms with van der Waals surface area (Å²) in [5.41, 5.74) is 2.26. The fraction of sp³-hybridized carbons (Fsp3) is 0.400. The molecule has 0 amide bonds. The topological polar surface area (TPSA) is 32.3 Å². The van der Waals surface area contributed by atoms with E-state index in [1.54, 1.807) is 6.92 Å². The molecule has 0 radical (unpaired) electrons. The Kier molecular flexibility index (Phi) is 3.11. The molecular weight excluding hydrogens is 150 g/mol. The van der Waals surface area contributed by atoms with E-state index in [0.717, 1.165) is 11.3 Å². The smallest absolute Gasteiger partial charge is 0.0553 e. The van der Waals surface area contributed by atoms with Gasteiger partial charge in [0.25, 0.3) is 0 Å². The summed E-state index contributed by atoms with van der Waals surface area (Å²) in [4.78, 5) is 0. The van der Waals surface area contributed by atoms with Gasteiger partial charge in [0.1, 0.15) is 0 Å². The fourth-order valence-electron chi connectivity index (χ4n) is 1.26. The van der Waals surface area contributed by atoms with Crippen molar-refractivity contribution in [3.8, 4) is 0 Å². The van der Waals surface area contributed by atoms with Crippen molar-refractivity contribution in [3.05, 3.63) is 29.8 Å². The SMILES string of the molecule is CNc1ccccc1CC(C)O. The van der Waals surface area contributed by atoms with E-state index in [-0.39, 0.29) is 6.10 Å². The molecule has 1 aromatic carbocycles. The molecule has 1 unspecified atom stereocenters. The predicted molar refractivity (Wildman–Crippen MR) is 51.4 cm³/mol. The highest BCUT2D eigenvalue weighted by Gasteiger charge is 2.02. The largest absolute Gasteiger partial charge is 0.393 e. The molecule has 1 aromatic rings. The molecule has 0 saturated heterocycles. The van der Waals surface area contributed by atoms with Crippen LogP contribution in [0.5, 0.6) is 0 Å². The third-order valence-corrected chi connectivity index (χ3v) is 1.80. The minimum Gasteiger partial charge on any atom is -0.393 e. The maximum Gasteiger partial charge on any atom is 0.0553 e. The molecule has 2 nitrogen and oxygen atoms in total. The van der Waals surface area contributed by atoms with Crippen LogP contribution in [0.4, 0.5) is 5.69 Å². The number of rotatable bonds is 3. The lowest BCUT2D eigenvalue weighted by molar-refractivity contribution is 0.195. The first-order valence-corrected chi connectivity index (χ1v) is 4.17. The Labute approximate surface area is 73.2 Å². The molecule has 0 aromatic heterocycles. The molecule has 0 aliphatic heterocycles. The summed E-state index contributed by atoms with van der Waals surface area (Å²) >= 11 is 0. The van der Waals surface area contributed by atoms with Crippen LogP contribution in [0.15, 0.2) is 24.3 Å². The van der Waals surface area contributed by atoms with Crippen molar-refractivity contribution in [2.45, 2.75) is 19.4 Å². The summed E-state index contributed by atoms with van der Waals surface area (Å²) in [6.45, 7) is 1.80. The van der Waals surface area contributed by atoms with Gasteiger partial charge >= 0.3 is 0 Å². The zero-order valence-electron chi connectivity index (χ0n) is 7.54. The average Bonchev–Trinajstić information content (AvgIpc) is 2.04. The van der Waals surface area contributed by atoms with E-state index >= 15 is 0 Å². The Bertz CT molecular complexity index is 245. The molecule has 0 spiro atoms. The summed E-state index contributed by atoms with van der Waals surface area (Å²) in [6.07, 6.45) is 0.427. The van der Waals surface area contributed by atoms with Crippen molar-refractivity contribution in [1.29, 1.82) is 0 Å². The van der Waals surface area contributed by atoms with E-state index in [1.807, 2.05) is 31.3 Å². The zero-order valence-corrected chi connectivity index (χ0v) is 7.54. The van der Waals surface area contributed by atoms with E-state index in [9.17, 15) is 5.11 Å². The van der Waals surface area contributed by atoms with Crippen molar-refractivity contribution in [2.75, 3.05) is 12.4 Å². The van der Waals surface area contributed by atoms with E-state index in [0.29, 0.717) is 6.42 Å².